The number of nitrogens with zero attached hydrogens (tertiary/aromatic N) is 2. The number of nitriles is 1. The Morgan fingerprint density at radius 2 is 2.27 bits per heavy atom. The number of halogens is 3. The minimum atomic E-state index is -2.77. The average molecular weight is 233 g/mol. The van der Waals surface area contributed by atoms with Crippen molar-refractivity contribution < 1.29 is 13.9 Å². The summed E-state index contributed by atoms with van der Waals surface area (Å²) in [6, 6.07) is 1.72. The molecule has 0 atom stereocenters. The molecule has 0 saturated heterocycles. The van der Waals surface area contributed by atoms with Crippen molar-refractivity contribution in [1.82, 2.24) is 4.98 Å². The molecule has 0 saturated carbocycles. The Kier molecular flexibility index (Phi) is 3.95. The lowest BCUT2D eigenvalue weighted by Crippen LogP contribution is -2.04. The van der Waals surface area contributed by atoms with Crippen LogP contribution in [0.5, 0.6) is 0 Å². The Bertz CT molecular complexity index is 404. The number of aliphatic hydroxyl groups excluding tert-OH is 1. The van der Waals surface area contributed by atoms with E-state index in [-0.39, 0.29) is 22.7 Å². The van der Waals surface area contributed by atoms with Crippen molar-refractivity contribution in [3.05, 3.63) is 28.6 Å². The van der Waals surface area contributed by atoms with Gasteiger partial charge >= 0.3 is 0 Å². The first-order valence-electron chi connectivity index (χ1n) is 4.01. The first-order chi connectivity index (χ1) is 7.15. The van der Waals surface area contributed by atoms with Gasteiger partial charge in [-0.05, 0) is 0 Å². The predicted octanol–water partition coefficient (Wildman–Crippen LogP) is 2.12. The lowest BCUT2D eigenvalue weighted by molar-refractivity contribution is 0.146. The van der Waals surface area contributed by atoms with Crippen LogP contribution in [-0.2, 0) is 12.5 Å². The van der Waals surface area contributed by atoms with Gasteiger partial charge in [0.1, 0.15) is 6.07 Å². The summed E-state index contributed by atoms with van der Waals surface area (Å²) < 4.78 is 24.9. The highest BCUT2D eigenvalue weighted by Crippen LogP contribution is 2.26. The molecule has 0 amide bonds. The average Bonchev–Trinajstić information content (AvgIpc) is 2.26. The summed E-state index contributed by atoms with van der Waals surface area (Å²) >= 11 is 5.49. The van der Waals surface area contributed by atoms with Crippen LogP contribution in [0.3, 0.4) is 0 Å². The second-order valence-corrected chi connectivity index (χ2v) is 2.99. The highest BCUT2D eigenvalue weighted by Gasteiger charge is 2.19. The molecule has 0 unspecified atom stereocenters. The zero-order chi connectivity index (χ0) is 11.4. The molecule has 0 fully saturated rings. The number of pyridine rings is 1. The molecule has 80 valence electrons. The topological polar surface area (TPSA) is 56.9 Å². The van der Waals surface area contributed by atoms with E-state index >= 15 is 0 Å². The number of aliphatic hydroxyl groups is 1. The van der Waals surface area contributed by atoms with E-state index in [2.05, 4.69) is 4.98 Å². The fourth-order valence-electron chi connectivity index (χ4n) is 1.20. The molecule has 3 nitrogen and oxygen atoms in total. The van der Waals surface area contributed by atoms with E-state index in [0.717, 1.165) is 6.20 Å². The van der Waals surface area contributed by atoms with Crippen molar-refractivity contribution in [2.75, 3.05) is 0 Å². The Hall–Kier alpha value is -1.25. The quantitative estimate of drug-likeness (QED) is 0.812. The third-order valence-electron chi connectivity index (χ3n) is 1.93. The molecule has 1 rings (SSSR count). The van der Waals surface area contributed by atoms with Gasteiger partial charge in [0.2, 0.25) is 0 Å². The summed E-state index contributed by atoms with van der Waals surface area (Å²) in [6.45, 7) is -0.630. The fraction of sp³-hybridized carbons (Fsp3) is 0.333. The number of aromatic nitrogens is 1. The SMILES string of the molecule is N#Cc1c(CCl)ncc(C(F)F)c1CO. The normalized spacial score (nSPS) is 10.4. The third kappa shape index (κ3) is 2.22. The molecule has 15 heavy (non-hydrogen) atoms. The zero-order valence-electron chi connectivity index (χ0n) is 7.54. The van der Waals surface area contributed by atoms with E-state index in [4.69, 9.17) is 22.0 Å². The maximum atomic E-state index is 12.5. The molecular weight excluding hydrogens is 226 g/mol. The minimum absolute atomic E-state index is 0.0561. The van der Waals surface area contributed by atoms with Gasteiger partial charge in [0.05, 0.1) is 23.7 Å². The van der Waals surface area contributed by atoms with Gasteiger partial charge in [-0.1, -0.05) is 0 Å². The molecule has 1 heterocycles. The number of rotatable bonds is 3. The Labute approximate surface area is 89.9 Å². The fourth-order valence-corrected chi connectivity index (χ4v) is 1.40. The van der Waals surface area contributed by atoms with E-state index in [9.17, 15) is 8.78 Å². The maximum absolute atomic E-state index is 12.5. The standard InChI is InChI=1S/C9H7ClF2N2O/c10-1-8-5(2-13)7(4-15)6(3-14-8)9(11)12/h3,9,15H,1,4H2. The van der Waals surface area contributed by atoms with Crippen molar-refractivity contribution in [2.45, 2.75) is 18.9 Å². The largest absolute Gasteiger partial charge is 0.392 e. The number of hydrogen-bond acceptors (Lipinski definition) is 3. The van der Waals surface area contributed by atoms with Gasteiger partial charge in [0.15, 0.2) is 0 Å². The lowest BCUT2D eigenvalue weighted by atomic mass is 10.0. The molecule has 0 spiro atoms. The summed E-state index contributed by atoms with van der Waals surface area (Å²) in [5.41, 5.74) is -0.390. The van der Waals surface area contributed by atoms with E-state index in [0.29, 0.717) is 0 Å². The summed E-state index contributed by atoms with van der Waals surface area (Å²) in [6.07, 6.45) is -1.83. The van der Waals surface area contributed by atoms with Gasteiger partial charge in [-0.2, -0.15) is 5.26 Å². The van der Waals surface area contributed by atoms with Crippen LogP contribution >= 0.6 is 11.6 Å². The van der Waals surface area contributed by atoms with Crippen LogP contribution in [0.2, 0.25) is 0 Å². The van der Waals surface area contributed by atoms with Crippen LogP contribution in [-0.4, -0.2) is 10.1 Å². The van der Waals surface area contributed by atoms with Gasteiger partial charge in [-0.3, -0.25) is 4.98 Å². The molecule has 0 bridgehead atoms. The first-order valence-corrected chi connectivity index (χ1v) is 4.54. The van der Waals surface area contributed by atoms with E-state index in [1.165, 1.54) is 0 Å². The molecule has 0 aliphatic rings. The highest BCUT2D eigenvalue weighted by atomic mass is 35.5. The Morgan fingerprint density at radius 3 is 2.67 bits per heavy atom. The van der Waals surface area contributed by atoms with Crippen molar-refractivity contribution in [1.29, 1.82) is 5.26 Å². The van der Waals surface area contributed by atoms with Crippen molar-refractivity contribution in [3.63, 3.8) is 0 Å². The predicted molar refractivity (Wildman–Crippen MR) is 49.4 cm³/mol. The van der Waals surface area contributed by atoms with Crippen LogP contribution in [0.15, 0.2) is 6.20 Å². The smallest absolute Gasteiger partial charge is 0.265 e. The second kappa shape index (κ2) is 5.01. The van der Waals surface area contributed by atoms with Gasteiger partial charge in [0, 0.05) is 17.3 Å². The second-order valence-electron chi connectivity index (χ2n) is 2.72. The van der Waals surface area contributed by atoms with Crippen molar-refractivity contribution in [2.24, 2.45) is 0 Å². The molecule has 0 aliphatic heterocycles. The van der Waals surface area contributed by atoms with Crippen LogP contribution in [0, 0.1) is 11.3 Å². The summed E-state index contributed by atoms with van der Waals surface area (Å²) in [5, 5.41) is 17.7. The van der Waals surface area contributed by atoms with Crippen LogP contribution < -0.4 is 0 Å². The van der Waals surface area contributed by atoms with Gasteiger partial charge in [0.25, 0.3) is 6.43 Å². The molecule has 0 aliphatic carbocycles. The molecule has 0 radical (unpaired) electrons. The van der Waals surface area contributed by atoms with Crippen molar-refractivity contribution >= 4 is 11.6 Å². The van der Waals surface area contributed by atoms with E-state index < -0.39 is 18.6 Å². The van der Waals surface area contributed by atoms with E-state index in [1.54, 1.807) is 6.07 Å². The minimum Gasteiger partial charge on any atom is -0.392 e. The summed E-state index contributed by atoms with van der Waals surface area (Å²) in [5.74, 6) is -0.0561. The highest BCUT2D eigenvalue weighted by molar-refractivity contribution is 6.17. The van der Waals surface area contributed by atoms with Crippen LogP contribution in [0.1, 0.15) is 28.8 Å². The number of alkyl halides is 3. The first kappa shape index (κ1) is 11.8. The maximum Gasteiger partial charge on any atom is 0.265 e. The monoisotopic (exact) mass is 232 g/mol. The van der Waals surface area contributed by atoms with E-state index in [1.807, 2.05) is 0 Å². The summed E-state index contributed by atoms with van der Waals surface area (Å²) in [4.78, 5) is 3.65. The van der Waals surface area contributed by atoms with Gasteiger partial charge in [-0.25, -0.2) is 8.78 Å². The van der Waals surface area contributed by atoms with Crippen molar-refractivity contribution in [3.8, 4) is 6.07 Å². The summed E-state index contributed by atoms with van der Waals surface area (Å²) in [7, 11) is 0. The molecule has 1 N–H and O–H groups in total. The third-order valence-corrected chi connectivity index (χ3v) is 2.18. The zero-order valence-corrected chi connectivity index (χ0v) is 8.30. The van der Waals surface area contributed by atoms with Gasteiger partial charge < -0.3 is 5.11 Å². The Morgan fingerprint density at radius 1 is 1.60 bits per heavy atom. The lowest BCUT2D eigenvalue weighted by Gasteiger charge is -2.09. The number of hydrogen-bond donors (Lipinski definition) is 1. The van der Waals surface area contributed by atoms with Gasteiger partial charge in [-0.15, -0.1) is 11.6 Å². The van der Waals surface area contributed by atoms with Crippen LogP contribution in [0.25, 0.3) is 0 Å². The molecule has 1 aromatic rings. The Balaban J connectivity index is 3.43. The molecular formula is C9H7ClF2N2O. The molecule has 0 aromatic carbocycles. The molecule has 6 heteroatoms. The van der Waals surface area contributed by atoms with Crippen LogP contribution in [0.4, 0.5) is 8.78 Å². The molecule has 1 aromatic heterocycles.